The second kappa shape index (κ2) is 4.71. The average Bonchev–Trinajstić information content (AvgIpc) is 2.07. The van der Waals surface area contributed by atoms with E-state index in [1.54, 1.807) is 0 Å². The number of rotatable bonds is 2. The summed E-state index contributed by atoms with van der Waals surface area (Å²) in [5.41, 5.74) is 0.278. The molecule has 1 N–H and O–H groups in total. The smallest absolute Gasteiger partial charge is 0.200 e. The molecule has 0 spiro atoms. The summed E-state index contributed by atoms with van der Waals surface area (Å²) >= 11 is 0. The minimum absolute atomic E-state index is 0.0606. The fourth-order valence-electron chi connectivity index (χ4n) is 1.53. The Morgan fingerprint density at radius 2 is 1.17 bits per heavy atom. The van der Waals surface area contributed by atoms with Gasteiger partial charge in [-0.05, 0) is 66.2 Å². The Kier molecular flexibility index (Phi) is 3.84. The molecule has 0 aromatic heterocycles. The van der Waals surface area contributed by atoms with E-state index in [9.17, 15) is 5.11 Å². The largest absolute Gasteiger partial charge is 0.502 e. The molecule has 0 radical (unpaired) electrons. The maximum absolute atomic E-state index is 10.2. The molecule has 102 valence electrons. The van der Waals surface area contributed by atoms with Crippen LogP contribution >= 0.6 is 0 Å². The third-order valence-electron chi connectivity index (χ3n) is 2.02. The third kappa shape index (κ3) is 4.47. The molecule has 1 aromatic carbocycles. The Balaban J connectivity index is 3.14. The molecule has 0 saturated heterocycles. The van der Waals surface area contributed by atoms with Gasteiger partial charge < -0.3 is 14.6 Å². The molecule has 0 fully saturated rings. The summed E-state index contributed by atoms with van der Waals surface area (Å²) in [6.07, 6.45) is 0. The molecule has 0 atom stereocenters. The monoisotopic (exact) mass is 252 g/mol. The Hall–Kier alpha value is -1.38. The van der Waals surface area contributed by atoms with E-state index >= 15 is 0 Å². The normalized spacial score (nSPS) is 12.4. The molecule has 3 nitrogen and oxygen atoms in total. The summed E-state index contributed by atoms with van der Waals surface area (Å²) in [7, 11) is 0. The van der Waals surface area contributed by atoms with Crippen molar-refractivity contribution in [3.05, 3.63) is 17.7 Å². The minimum Gasteiger partial charge on any atom is -0.502 e. The van der Waals surface area contributed by atoms with E-state index in [1.165, 1.54) is 0 Å². The third-order valence-corrected chi connectivity index (χ3v) is 2.02. The van der Waals surface area contributed by atoms with E-state index in [0.29, 0.717) is 11.5 Å². The van der Waals surface area contributed by atoms with E-state index in [0.717, 1.165) is 5.56 Å². The van der Waals surface area contributed by atoms with E-state index in [1.807, 2.05) is 60.6 Å². The summed E-state index contributed by atoms with van der Waals surface area (Å²) in [4.78, 5) is 0. The highest BCUT2D eigenvalue weighted by Crippen LogP contribution is 2.40. The van der Waals surface area contributed by atoms with Gasteiger partial charge in [0.15, 0.2) is 11.5 Å². The van der Waals surface area contributed by atoms with Crippen molar-refractivity contribution in [2.75, 3.05) is 0 Å². The van der Waals surface area contributed by atoms with Crippen molar-refractivity contribution in [3.63, 3.8) is 0 Å². The Bertz CT molecular complexity index is 385. The van der Waals surface area contributed by atoms with Crippen molar-refractivity contribution in [2.24, 2.45) is 0 Å². The maximum atomic E-state index is 10.2. The van der Waals surface area contributed by atoms with Crippen LogP contribution in [0.25, 0.3) is 0 Å². The van der Waals surface area contributed by atoms with Gasteiger partial charge >= 0.3 is 0 Å². The minimum atomic E-state index is -0.357. The van der Waals surface area contributed by atoms with Crippen LogP contribution < -0.4 is 9.47 Å². The molecule has 3 heteroatoms. The van der Waals surface area contributed by atoms with Crippen molar-refractivity contribution in [1.82, 2.24) is 0 Å². The van der Waals surface area contributed by atoms with Crippen LogP contribution in [0, 0.1) is 6.92 Å². The molecule has 0 heterocycles. The summed E-state index contributed by atoms with van der Waals surface area (Å²) in [6, 6.07) is 3.63. The number of benzene rings is 1. The molecule has 0 aliphatic rings. The van der Waals surface area contributed by atoms with Gasteiger partial charge in [0, 0.05) is 0 Å². The highest BCUT2D eigenvalue weighted by atomic mass is 16.5. The SMILES string of the molecule is Cc1cc(OC(C)(C)C)c(O)c(OC(C)(C)C)c1. The Labute approximate surface area is 110 Å². The van der Waals surface area contributed by atoms with Crippen LogP contribution in [0.3, 0.4) is 0 Å². The number of phenols is 1. The summed E-state index contributed by atoms with van der Waals surface area (Å²) in [5, 5.41) is 10.2. The second-order valence-electron chi connectivity index (χ2n) is 6.54. The van der Waals surface area contributed by atoms with Crippen LogP contribution in [0.5, 0.6) is 17.2 Å². The van der Waals surface area contributed by atoms with E-state index in [4.69, 9.17) is 9.47 Å². The van der Waals surface area contributed by atoms with Crippen LogP contribution in [0.15, 0.2) is 12.1 Å². The van der Waals surface area contributed by atoms with Gasteiger partial charge in [0.2, 0.25) is 5.75 Å². The summed E-state index contributed by atoms with van der Waals surface area (Å²) in [6.45, 7) is 13.6. The lowest BCUT2D eigenvalue weighted by molar-refractivity contribution is 0.112. The molecule has 0 aliphatic carbocycles. The van der Waals surface area contributed by atoms with Gasteiger partial charge in [-0.2, -0.15) is 0 Å². The van der Waals surface area contributed by atoms with Gasteiger partial charge in [0.25, 0.3) is 0 Å². The topological polar surface area (TPSA) is 38.7 Å². The first kappa shape index (κ1) is 14.7. The van der Waals surface area contributed by atoms with Gasteiger partial charge in [-0.25, -0.2) is 0 Å². The molecule has 18 heavy (non-hydrogen) atoms. The lowest BCUT2D eigenvalue weighted by Crippen LogP contribution is -2.24. The highest BCUT2D eigenvalue weighted by molar-refractivity contribution is 5.53. The van der Waals surface area contributed by atoms with Gasteiger partial charge in [-0.3, -0.25) is 0 Å². The first-order valence-electron chi connectivity index (χ1n) is 6.19. The van der Waals surface area contributed by atoms with Crippen molar-refractivity contribution < 1.29 is 14.6 Å². The molecule has 1 rings (SSSR count). The number of aryl methyl sites for hydroxylation is 1. The quantitative estimate of drug-likeness (QED) is 0.862. The molecule has 0 amide bonds. The number of hydrogen-bond acceptors (Lipinski definition) is 3. The summed E-state index contributed by atoms with van der Waals surface area (Å²) < 4.78 is 11.5. The average molecular weight is 252 g/mol. The lowest BCUT2D eigenvalue weighted by Gasteiger charge is -2.26. The van der Waals surface area contributed by atoms with Crippen LogP contribution in [-0.2, 0) is 0 Å². The van der Waals surface area contributed by atoms with Crippen LogP contribution in [0.2, 0.25) is 0 Å². The number of hydrogen-bond donors (Lipinski definition) is 1. The zero-order valence-corrected chi connectivity index (χ0v) is 12.4. The van der Waals surface area contributed by atoms with E-state index < -0.39 is 0 Å². The molecule has 1 aromatic rings. The van der Waals surface area contributed by atoms with Crippen molar-refractivity contribution >= 4 is 0 Å². The second-order valence-corrected chi connectivity index (χ2v) is 6.54. The molecule has 0 aliphatic heterocycles. The zero-order chi connectivity index (χ0) is 14.1. The fourth-order valence-corrected chi connectivity index (χ4v) is 1.53. The van der Waals surface area contributed by atoms with Gasteiger partial charge in [0.05, 0.1) is 0 Å². The number of ether oxygens (including phenoxy) is 2. The van der Waals surface area contributed by atoms with Crippen molar-refractivity contribution in [1.29, 1.82) is 0 Å². The molecule has 0 unspecified atom stereocenters. The zero-order valence-electron chi connectivity index (χ0n) is 12.4. The Morgan fingerprint density at radius 3 is 1.44 bits per heavy atom. The van der Waals surface area contributed by atoms with Crippen molar-refractivity contribution in [3.8, 4) is 17.2 Å². The van der Waals surface area contributed by atoms with Gasteiger partial charge in [-0.15, -0.1) is 0 Å². The first-order valence-corrected chi connectivity index (χ1v) is 6.19. The standard InChI is InChI=1S/C15H24O3/c1-10-8-11(17-14(2,3)4)13(16)12(9-10)18-15(5,6)7/h8-9,16H,1-7H3. The first-order chi connectivity index (χ1) is 7.98. The maximum Gasteiger partial charge on any atom is 0.200 e. The van der Waals surface area contributed by atoms with Crippen LogP contribution in [0.1, 0.15) is 47.1 Å². The predicted molar refractivity (Wildman–Crippen MR) is 73.6 cm³/mol. The fraction of sp³-hybridized carbons (Fsp3) is 0.600. The lowest BCUT2D eigenvalue weighted by atomic mass is 10.1. The highest BCUT2D eigenvalue weighted by Gasteiger charge is 2.21. The van der Waals surface area contributed by atoms with Gasteiger partial charge in [0.1, 0.15) is 11.2 Å². The summed E-state index contributed by atoms with van der Waals surface area (Å²) in [5.74, 6) is 0.981. The predicted octanol–water partition coefficient (Wildman–Crippen LogP) is 4.06. The Morgan fingerprint density at radius 1 is 0.833 bits per heavy atom. The molecular formula is C15H24O3. The molecular weight excluding hydrogens is 228 g/mol. The molecule has 0 bridgehead atoms. The number of phenolic OH excluding ortho intramolecular Hbond substituents is 1. The van der Waals surface area contributed by atoms with Gasteiger partial charge in [-0.1, -0.05) is 0 Å². The number of aromatic hydroxyl groups is 1. The van der Waals surface area contributed by atoms with Crippen molar-refractivity contribution in [2.45, 2.75) is 59.7 Å². The van der Waals surface area contributed by atoms with E-state index in [-0.39, 0.29) is 17.0 Å². The van der Waals surface area contributed by atoms with Crippen LogP contribution in [-0.4, -0.2) is 16.3 Å². The van der Waals surface area contributed by atoms with Crippen LogP contribution in [0.4, 0.5) is 0 Å². The molecule has 0 saturated carbocycles. The van der Waals surface area contributed by atoms with E-state index in [2.05, 4.69) is 0 Å².